The number of carbonyl (C=O) groups excluding carboxylic acids is 1. The number of hydrogen-bond donors (Lipinski definition) is 2. The van der Waals surface area contributed by atoms with E-state index in [1.165, 1.54) is 0 Å². The Bertz CT molecular complexity index is 513. The van der Waals surface area contributed by atoms with Crippen LogP contribution in [0.5, 0.6) is 0 Å². The standard InChI is InChI=1S/C18H31N3O3/c1-4-13(5-2)16-10-15(24-20-16)11-19-18(23)21(3)12-14-8-6-7-9-17(14)22/h10,13-14,17,22H,4-9,11-12H2,1-3H3,(H,19,23). The second-order valence-electron chi connectivity index (χ2n) is 6.88. The molecule has 2 unspecified atom stereocenters. The van der Waals surface area contributed by atoms with Crippen molar-refractivity contribution in [2.75, 3.05) is 13.6 Å². The Labute approximate surface area is 144 Å². The quantitative estimate of drug-likeness (QED) is 0.800. The van der Waals surface area contributed by atoms with E-state index in [1.807, 2.05) is 6.07 Å². The van der Waals surface area contributed by atoms with Crippen LogP contribution in [-0.2, 0) is 6.54 Å². The molecule has 1 aliphatic rings. The lowest BCUT2D eigenvalue weighted by Gasteiger charge is -2.31. The summed E-state index contributed by atoms with van der Waals surface area (Å²) in [6.45, 7) is 5.20. The zero-order chi connectivity index (χ0) is 17.5. The van der Waals surface area contributed by atoms with Gasteiger partial charge in [0.25, 0.3) is 0 Å². The maximum absolute atomic E-state index is 12.2. The fraction of sp³-hybridized carbons (Fsp3) is 0.778. The Morgan fingerprint density at radius 1 is 1.42 bits per heavy atom. The van der Waals surface area contributed by atoms with Gasteiger partial charge in [-0.25, -0.2) is 4.79 Å². The van der Waals surface area contributed by atoms with Crippen molar-refractivity contribution >= 4 is 6.03 Å². The van der Waals surface area contributed by atoms with Crippen molar-refractivity contribution in [3.8, 4) is 0 Å². The second kappa shape index (κ2) is 9.06. The van der Waals surface area contributed by atoms with Gasteiger partial charge in [-0.1, -0.05) is 31.8 Å². The number of amides is 2. The third kappa shape index (κ3) is 4.97. The summed E-state index contributed by atoms with van der Waals surface area (Å²) >= 11 is 0. The number of nitrogens with one attached hydrogen (secondary N) is 1. The van der Waals surface area contributed by atoms with Gasteiger partial charge in [-0.15, -0.1) is 0 Å². The van der Waals surface area contributed by atoms with Gasteiger partial charge in [0.2, 0.25) is 0 Å². The number of carbonyl (C=O) groups is 1. The zero-order valence-electron chi connectivity index (χ0n) is 15.1. The van der Waals surface area contributed by atoms with E-state index in [9.17, 15) is 9.90 Å². The molecule has 24 heavy (non-hydrogen) atoms. The van der Waals surface area contributed by atoms with Crippen LogP contribution >= 0.6 is 0 Å². The fourth-order valence-corrected chi connectivity index (χ4v) is 3.45. The van der Waals surface area contributed by atoms with Crippen LogP contribution in [0.1, 0.15) is 69.7 Å². The van der Waals surface area contributed by atoms with E-state index < -0.39 is 0 Å². The highest BCUT2D eigenvalue weighted by molar-refractivity contribution is 5.73. The molecule has 1 aliphatic carbocycles. The molecule has 0 radical (unpaired) electrons. The molecular formula is C18H31N3O3. The average Bonchev–Trinajstić information content (AvgIpc) is 3.04. The van der Waals surface area contributed by atoms with Crippen LogP contribution in [0, 0.1) is 5.92 Å². The highest BCUT2D eigenvalue weighted by Crippen LogP contribution is 2.25. The Hall–Kier alpha value is -1.56. The molecule has 6 nitrogen and oxygen atoms in total. The van der Waals surface area contributed by atoms with Gasteiger partial charge in [0.1, 0.15) is 0 Å². The largest absolute Gasteiger partial charge is 0.393 e. The molecule has 2 amide bonds. The van der Waals surface area contributed by atoms with Crippen molar-refractivity contribution in [3.63, 3.8) is 0 Å². The number of nitrogens with zero attached hydrogens (tertiary/aromatic N) is 2. The van der Waals surface area contributed by atoms with Crippen LogP contribution in [-0.4, -0.2) is 40.9 Å². The highest BCUT2D eigenvalue weighted by atomic mass is 16.5. The molecule has 6 heteroatoms. The molecule has 1 aromatic rings. The van der Waals surface area contributed by atoms with Crippen molar-refractivity contribution < 1.29 is 14.4 Å². The Kier molecular flexibility index (Phi) is 7.09. The van der Waals surface area contributed by atoms with Gasteiger partial charge in [-0.05, 0) is 25.7 Å². The first-order valence-electron chi connectivity index (χ1n) is 9.17. The van der Waals surface area contributed by atoms with Crippen molar-refractivity contribution in [1.82, 2.24) is 15.4 Å². The summed E-state index contributed by atoms with van der Waals surface area (Å²) in [6.07, 6.45) is 5.82. The lowest BCUT2D eigenvalue weighted by molar-refractivity contribution is 0.0564. The molecular weight excluding hydrogens is 306 g/mol. The summed E-state index contributed by atoms with van der Waals surface area (Å²) in [4.78, 5) is 13.9. The highest BCUT2D eigenvalue weighted by Gasteiger charge is 2.25. The van der Waals surface area contributed by atoms with E-state index in [0.29, 0.717) is 24.8 Å². The van der Waals surface area contributed by atoms with Gasteiger partial charge in [0.15, 0.2) is 5.76 Å². The minimum absolute atomic E-state index is 0.145. The molecule has 2 N–H and O–H groups in total. The second-order valence-corrected chi connectivity index (χ2v) is 6.88. The predicted octanol–water partition coefficient (Wildman–Crippen LogP) is 3.27. The van der Waals surface area contributed by atoms with Crippen LogP contribution in [0.25, 0.3) is 0 Å². The number of aliphatic hydroxyl groups is 1. The van der Waals surface area contributed by atoms with Gasteiger partial charge >= 0.3 is 6.03 Å². The minimum Gasteiger partial charge on any atom is -0.393 e. The summed E-state index contributed by atoms with van der Waals surface area (Å²) in [5, 5.41) is 17.0. The zero-order valence-corrected chi connectivity index (χ0v) is 15.1. The molecule has 1 saturated carbocycles. The van der Waals surface area contributed by atoms with Crippen molar-refractivity contribution in [2.45, 2.75) is 70.9 Å². The van der Waals surface area contributed by atoms with Crippen LogP contribution in [0.3, 0.4) is 0 Å². The molecule has 0 spiro atoms. The number of rotatable bonds is 7. The first-order chi connectivity index (χ1) is 11.5. The monoisotopic (exact) mass is 337 g/mol. The van der Waals surface area contributed by atoms with E-state index >= 15 is 0 Å². The third-order valence-electron chi connectivity index (χ3n) is 5.12. The summed E-state index contributed by atoms with van der Waals surface area (Å²) < 4.78 is 5.32. The van der Waals surface area contributed by atoms with Gasteiger partial charge in [-0.2, -0.15) is 0 Å². The number of urea groups is 1. The number of aliphatic hydroxyl groups excluding tert-OH is 1. The van der Waals surface area contributed by atoms with Crippen LogP contribution < -0.4 is 5.32 Å². The third-order valence-corrected chi connectivity index (χ3v) is 5.12. The first-order valence-corrected chi connectivity index (χ1v) is 9.17. The lowest BCUT2D eigenvalue weighted by Crippen LogP contribution is -2.42. The lowest BCUT2D eigenvalue weighted by atomic mass is 9.86. The number of aromatic nitrogens is 1. The van der Waals surface area contributed by atoms with Gasteiger partial charge in [0.05, 0.1) is 18.3 Å². The summed E-state index contributed by atoms with van der Waals surface area (Å²) in [5.74, 6) is 1.27. The Morgan fingerprint density at radius 2 is 2.12 bits per heavy atom. The molecule has 0 aliphatic heterocycles. The Balaban J connectivity index is 1.79. The summed E-state index contributed by atoms with van der Waals surface area (Å²) in [7, 11) is 1.77. The topological polar surface area (TPSA) is 78.6 Å². The average molecular weight is 337 g/mol. The van der Waals surface area contributed by atoms with E-state index in [1.54, 1.807) is 11.9 Å². The van der Waals surface area contributed by atoms with Gasteiger partial charge in [-0.3, -0.25) is 0 Å². The van der Waals surface area contributed by atoms with E-state index in [4.69, 9.17) is 4.52 Å². The molecule has 1 aromatic heterocycles. The van der Waals surface area contributed by atoms with E-state index in [2.05, 4.69) is 24.3 Å². The van der Waals surface area contributed by atoms with Gasteiger partial charge < -0.3 is 19.8 Å². The SMILES string of the molecule is CCC(CC)c1cc(CNC(=O)N(C)CC2CCCCC2O)on1. The van der Waals surface area contributed by atoms with Crippen molar-refractivity contribution in [1.29, 1.82) is 0 Å². The molecule has 0 saturated heterocycles. The Morgan fingerprint density at radius 3 is 2.79 bits per heavy atom. The first kappa shape index (κ1) is 18.8. The molecule has 2 atom stereocenters. The maximum atomic E-state index is 12.2. The maximum Gasteiger partial charge on any atom is 0.317 e. The van der Waals surface area contributed by atoms with E-state index in [-0.39, 0.29) is 18.1 Å². The summed E-state index contributed by atoms with van der Waals surface area (Å²) in [5.41, 5.74) is 0.961. The smallest absolute Gasteiger partial charge is 0.317 e. The molecule has 0 aromatic carbocycles. The summed E-state index contributed by atoms with van der Waals surface area (Å²) in [6, 6.07) is 1.79. The van der Waals surface area contributed by atoms with Crippen molar-refractivity contribution in [2.24, 2.45) is 5.92 Å². The van der Waals surface area contributed by atoms with Crippen LogP contribution in [0.2, 0.25) is 0 Å². The molecule has 2 rings (SSSR count). The molecule has 0 bridgehead atoms. The fourth-order valence-electron chi connectivity index (χ4n) is 3.45. The van der Waals surface area contributed by atoms with Crippen molar-refractivity contribution in [3.05, 3.63) is 17.5 Å². The predicted molar refractivity (Wildman–Crippen MR) is 92.7 cm³/mol. The van der Waals surface area contributed by atoms with Gasteiger partial charge in [0, 0.05) is 31.5 Å². The molecule has 1 fully saturated rings. The molecule has 136 valence electrons. The van der Waals surface area contributed by atoms with E-state index in [0.717, 1.165) is 44.2 Å². The van der Waals surface area contributed by atoms with Crippen LogP contribution in [0.4, 0.5) is 4.79 Å². The minimum atomic E-state index is -0.286. The number of hydrogen-bond acceptors (Lipinski definition) is 4. The van der Waals surface area contributed by atoms with Crippen LogP contribution in [0.15, 0.2) is 10.6 Å². The molecule has 1 heterocycles. The normalized spacial score (nSPS) is 21.0.